The van der Waals surface area contributed by atoms with Crippen molar-refractivity contribution in [2.45, 2.75) is 19.5 Å². The van der Waals surface area contributed by atoms with Crippen LogP contribution in [0.2, 0.25) is 0 Å². The van der Waals surface area contributed by atoms with Crippen molar-refractivity contribution in [3.63, 3.8) is 0 Å². The number of carbonyl (C=O) groups is 1. The highest BCUT2D eigenvalue weighted by Crippen LogP contribution is 2.28. The second kappa shape index (κ2) is 8.00. The number of piperazine rings is 1. The number of nitrogens with zero attached hydrogens (tertiary/aromatic N) is 5. The molecule has 31 heavy (non-hydrogen) atoms. The van der Waals surface area contributed by atoms with Gasteiger partial charge in [-0.15, -0.1) is 16.4 Å². The van der Waals surface area contributed by atoms with Gasteiger partial charge in [-0.1, -0.05) is 6.07 Å². The summed E-state index contributed by atoms with van der Waals surface area (Å²) in [7, 11) is 0. The van der Waals surface area contributed by atoms with E-state index in [1.807, 2.05) is 30.5 Å². The SMILES string of the molecule is C[C@H]1CN(OC(=O)NCc2ccc3[nH]ccc3c2)CCN1c1nc(N)nc2scnc12. The van der Waals surface area contributed by atoms with Gasteiger partial charge in [0.15, 0.2) is 10.6 Å². The second-order valence-electron chi connectivity index (χ2n) is 7.47. The lowest BCUT2D eigenvalue weighted by atomic mass is 10.1. The smallest absolute Gasteiger partial charge is 0.368 e. The van der Waals surface area contributed by atoms with Crippen molar-refractivity contribution in [1.29, 1.82) is 0 Å². The normalized spacial score (nSPS) is 17.3. The highest BCUT2D eigenvalue weighted by molar-refractivity contribution is 7.16. The zero-order valence-electron chi connectivity index (χ0n) is 16.9. The van der Waals surface area contributed by atoms with E-state index in [-0.39, 0.29) is 12.0 Å². The molecule has 4 N–H and O–H groups in total. The third kappa shape index (κ3) is 3.97. The number of hydrogen-bond acceptors (Lipinski definition) is 9. The van der Waals surface area contributed by atoms with Crippen molar-refractivity contribution < 1.29 is 9.63 Å². The Morgan fingerprint density at radius 3 is 3.13 bits per heavy atom. The Morgan fingerprint density at radius 2 is 2.26 bits per heavy atom. The molecular weight excluding hydrogens is 416 g/mol. The third-order valence-corrected chi connectivity index (χ3v) is 6.04. The van der Waals surface area contributed by atoms with Crippen molar-refractivity contribution in [3.8, 4) is 0 Å². The molecule has 1 aliphatic rings. The Bertz CT molecular complexity index is 1240. The topological polar surface area (TPSA) is 125 Å². The van der Waals surface area contributed by atoms with Crippen molar-refractivity contribution in [1.82, 2.24) is 30.3 Å². The number of aromatic amines is 1. The van der Waals surface area contributed by atoms with Gasteiger partial charge < -0.3 is 25.8 Å². The molecule has 4 aromatic rings. The highest BCUT2D eigenvalue weighted by atomic mass is 32.1. The fourth-order valence-corrected chi connectivity index (χ4v) is 4.48. The van der Waals surface area contributed by atoms with Crippen molar-refractivity contribution >= 4 is 50.4 Å². The van der Waals surface area contributed by atoms with E-state index in [2.05, 4.69) is 37.1 Å². The Balaban J connectivity index is 1.18. The average Bonchev–Trinajstić information content (AvgIpc) is 3.40. The van der Waals surface area contributed by atoms with Crippen LogP contribution >= 0.6 is 11.3 Å². The first-order valence-corrected chi connectivity index (χ1v) is 10.8. The van der Waals surface area contributed by atoms with Crippen molar-refractivity contribution in [2.75, 3.05) is 30.3 Å². The van der Waals surface area contributed by atoms with Gasteiger partial charge in [0.2, 0.25) is 5.95 Å². The van der Waals surface area contributed by atoms with E-state index in [0.717, 1.165) is 32.6 Å². The lowest BCUT2D eigenvalue weighted by Gasteiger charge is -2.39. The molecule has 0 unspecified atom stereocenters. The van der Waals surface area contributed by atoms with Crippen LogP contribution in [-0.2, 0) is 11.4 Å². The predicted octanol–water partition coefficient (Wildman–Crippen LogP) is 2.50. The molecule has 160 valence electrons. The van der Waals surface area contributed by atoms with Crippen LogP contribution in [-0.4, -0.2) is 56.8 Å². The average molecular weight is 439 g/mol. The molecule has 4 heterocycles. The van der Waals surface area contributed by atoms with Crippen LogP contribution in [0.1, 0.15) is 12.5 Å². The number of fused-ring (bicyclic) bond motifs is 2. The van der Waals surface area contributed by atoms with Crippen LogP contribution in [0.3, 0.4) is 0 Å². The molecule has 1 amide bonds. The number of aromatic nitrogens is 4. The number of benzene rings is 1. The second-order valence-corrected chi connectivity index (χ2v) is 8.31. The summed E-state index contributed by atoms with van der Waals surface area (Å²) < 4.78 is 0. The Kier molecular flexibility index (Phi) is 5.04. The number of anilines is 2. The van der Waals surface area contributed by atoms with Gasteiger partial charge in [-0.3, -0.25) is 0 Å². The molecule has 0 saturated carbocycles. The molecule has 1 saturated heterocycles. The van der Waals surface area contributed by atoms with Gasteiger partial charge in [-0.2, -0.15) is 4.98 Å². The molecule has 1 aromatic carbocycles. The summed E-state index contributed by atoms with van der Waals surface area (Å²) in [6, 6.07) is 8.07. The van der Waals surface area contributed by atoms with Gasteiger partial charge >= 0.3 is 6.09 Å². The number of H-pyrrole nitrogens is 1. The molecule has 0 radical (unpaired) electrons. The van der Waals surface area contributed by atoms with Gasteiger partial charge in [0, 0.05) is 30.8 Å². The fourth-order valence-electron chi connectivity index (χ4n) is 3.82. The fraction of sp³-hybridized carbons (Fsp3) is 0.300. The summed E-state index contributed by atoms with van der Waals surface area (Å²) in [6.45, 7) is 4.16. The quantitative estimate of drug-likeness (QED) is 0.444. The molecular formula is C20H22N8O2S. The number of nitrogen functional groups attached to an aromatic ring is 1. The minimum Gasteiger partial charge on any atom is -0.368 e. The summed E-state index contributed by atoms with van der Waals surface area (Å²) in [5.74, 6) is 0.954. The monoisotopic (exact) mass is 438 g/mol. The lowest BCUT2D eigenvalue weighted by Crippen LogP contribution is -2.53. The minimum absolute atomic E-state index is 0.0525. The number of hydrogen-bond donors (Lipinski definition) is 3. The van der Waals surface area contributed by atoms with E-state index in [9.17, 15) is 4.79 Å². The summed E-state index contributed by atoms with van der Waals surface area (Å²) in [4.78, 5) is 36.9. The van der Waals surface area contributed by atoms with Crippen LogP contribution in [0.5, 0.6) is 0 Å². The third-order valence-electron chi connectivity index (χ3n) is 5.33. The van der Waals surface area contributed by atoms with Crippen molar-refractivity contribution in [2.24, 2.45) is 0 Å². The molecule has 1 fully saturated rings. The summed E-state index contributed by atoms with van der Waals surface area (Å²) in [6.07, 6.45) is 1.43. The molecule has 1 atom stereocenters. The van der Waals surface area contributed by atoms with Crippen LogP contribution in [0.25, 0.3) is 21.3 Å². The summed E-state index contributed by atoms with van der Waals surface area (Å²) in [5.41, 5.74) is 10.4. The molecule has 11 heteroatoms. The van der Waals surface area contributed by atoms with Gasteiger partial charge in [0.05, 0.1) is 18.6 Å². The van der Waals surface area contributed by atoms with E-state index in [4.69, 9.17) is 10.6 Å². The van der Waals surface area contributed by atoms with E-state index in [0.29, 0.717) is 26.2 Å². The number of rotatable bonds is 4. The molecule has 0 aliphatic carbocycles. The molecule has 1 aliphatic heterocycles. The van der Waals surface area contributed by atoms with Crippen LogP contribution in [0.15, 0.2) is 36.0 Å². The van der Waals surface area contributed by atoms with E-state index >= 15 is 0 Å². The van der Waals surface area contributed by atoms with Crippen molar-refractivity contribution in [3.05, 3.63) is 41.5 Å². The Hall–Kier alpha value is -3.44. The summed E-state index contributed by atoms with van der Waals surface area (Å²) in [5, 5.41) is 5.60. The molecule has 0 bridgehead atoms. The lowest BCUT2D eigenvalue weighted by molar-refractivity contribution is -0.109. The van der Waals surface area contributed by atoms with Gasteiger partial charge in [-0.25, -0.2) is 14.8 Å². The van der Waals surface area contributed by atoms with Gasteiger partial charge in [0.1, 0.15) is 5.52 Å². The zero-order chi connectivity index (χ0) is 21.4. The zero-order valence-corrected chi connectivity index (χ0v) is 17.7. The summed E-state index contributed by atoms with van der Waals surface area (Å²) >= 11 is 1.44. The van der Waals surface area contributed by atoms with Crippen LogP contribution < -0.4 is 16.0 Å². The number of amides is 1. The van der Waals surface area contributed by atoms with Gasteiger partial charge in [-0.05, 0) is 36.1 Å². The maximum absolute atomic E-state index is 12.3. The molecule has 0 spiro atoms. The maximum Gasteiger partial charge on any atom is 0.426 e. The first-order chi connectivity index (χ1) is 15.1. The Labute approximate surface area is 182 Å². The predicted molar refractivity (Wildman–Crippen MR) is 120 cm³/mol. The molecule has 3 aromatic heterocycles. The van der Waals surface area contributed by atoms with Crippen LogP contribution in [0.4, 0.5) is 16.6 Å². The number of hydroxylamine groups is 2. The number of thiazole rings is 1. The standard InChI is InChI=1S/C20H22N8O2S/c1-12-10-27(6-7-28(12)17-16-18(31-11-24-16)26-19(21)25-17)30-20(29)23-9-13-2-3-15-14(8-13)4-5-22-15/h2-5,8,11-12,22H,6-7,9-10H2,1H3,(H,23,29)(H2,21,25,26)/t12-/m0/s1. The highest BCUT2D eigenvalue weighted by Gasteiger charge is 2.29. The number of nitrogens with two attached hydrogens (primary N) is 1. The molecule has 10 nitrogen and oxygen atoms in total. The van der Waals surface area contributed by atoms with E-state index in [1.165, 1.54) is 11.3 Å². The number of nitrogens with one attached hydrogen (secondary N) is 2. The van der Waals surface area contributed by atoms with E-state index < -0.39 is 6.09 Å². The minimum atomic E-state index is -0.469. The first-order valence-electron chi connectivity index (χ1n) is 9.97. The largest absolute Gasteiger partial charge is 0.426 e. The Morgan fingerprint density at radius 1 is 1.35 bits per heavy atom. The number of carbonyl (C=O) groups excluding carboxylic acids is 1. The maximum atomic E-state index is 12.3. The van der Waals surface area contributed by atoms with E-state index in [1.54, 1.807) is 10.6 Å². The molecule has 5 rings (SSSR count). The van der Waals surface area contributed by atoms with Crippen LogP contribution in [0, 0.1) is 0 Å². The van der Waals surface area contributed by atoms with Gasteiger partial charge in [0.25, 0.3) is 0 Å². The first kappa shape index (κ1) is 19.5.